The molecule has 5 nitrogen and oxygen atoms in total. The van der Waals surface area contributed by atoms with Crippen molar-refractivity contribution in [3.05, 3.63) is 71.8 Å². The van der Waals surface area contributed by atoms with Gasteiger partial charge in [0.05, 0.1) is 12.7 Å². The molecule has 28 heavy (non-hydrogen) atoms. The number of amides is 2. The number of morpholine rings is 1. The van der Waals surface area contributed by atoms with Gasteiger partial charge in [0.15, 0.2) is 0 Å². The normalized spacial score (nSPS) is 17.3. The number of benzene rings is 2. The Morgan fingerprint density at radius 2 is 1.89 bits per heavy atom. The highest BCUT2D eigenvalue weighted by Gasteiger charge is 2.22. The lowest BCUT2D eigenvalue weighted by Crippen LogP contribution is -2.44. The van der Waals surface area contributed by atoms with Gasteiger partial charge < -0.3 is 15.0 Å². The van der Waals surface area contributed by atoms with E-state index in [0.717, 1.165) is 17.6 Å². The van der Waals surface area contributed by atoms with Crippen LogP contribution >= 0.6 is 0 Å². The van der Waals surface area contributed by atoms with Gasteiger partial charge in [-0.15, -0.1) is 0 Å². The first kappa shape index (κ1) is 19.8. The summed E-state index contributed by atoms with van der Waals surface area (Å²) in [7, 11) is 0. The minimum atomic E-state index is -0.203. The molecule has 0 bridgehead atoms. The Balaban J connectivity index is 1.71. The topological polar surface area (TPSA) is 58.6 Å². The second kappa shape index (κ2) is 9.33. The van der Waals surface area contributed by atoms with E-state index in [1.54, 1.807) is 35.2 Å². The molecule has 3 rings (SSSR count). The molecule has 1 aliphatic rings. The maximum atomic E-state index is 12.7. The average molecular weight is 378 g/mol. The zero-order valence-corrected chi connectivity index (χ0v) is 16.4. The van der Waals surface area contributed by atoms with E-state index < -0.39 is 0 Å². The van der Waals surface area contributed by atoms with Gasteiger partial charge in [0.25, 0.3) is 5.91 Å². The van der Waals surface area contributed by atoms with Gasteiger partial charge in [-0.1, -0.05) is 43.3 Å². The molecule has 1 unspecified atom stereocenters. The second-order valence-electron chi connectivity index (χ2n) is 6.89. The predicted octanol–water partition coefficient (Wildman–Crippen LogP) is 3.98. The van der Waals surface area contributed by atoms with Crippen LogP contribution in [0.25, 0.3) is 5.57 Å². The highest BCUT2D eigenvalue weighted by molar-refractivity contribution is 6.04. The number of carbonyl (C=O) groups is 2. The fraction of sp³-hybridized carbons (Fsp3) is 0.304. The van der Waals surface area contributed by atoms with Crippen molar-refractivity contribution in [3.8, 4) is 0 Å². The van der Waals surface area contributed by atoms with E-state index in [9.17, 15) is 9.59 Å². The Labute approximate surface area is 166 Å². The summed E-state index contributed by atoms with van der Waals surface area (Å²) in [5.74, 6) is -0.245. The summed E-state index contributed by atoms with van der Waals surface area (Å²) in [6.07, 6.45) is 2.41. The van der Waals surface area contributed by atoms with Crippen molar-refractivity contribution in [2.24, 2.45) is 0 Å². The van der Waals surface area contributed by atoms with Gasteiger partial charge >= 0.3 is 0 Å². The fourth-order valence-electron chi connectivity index (χ4n) is 3.29. The average Bonchev–Trinajstić information content (AvgIpc) is 2.72. The number of rotatable bonds is 5. The first-order valence-electron chi connectivity index (χ1n) is 9.64. The third-order valence-electron chi connectivity index (χ3n) is 4.74. The van der Waals surface area contributed by atoms with Crippen molar-refractivity contribution in [1.29, 1.82) is 0 Å². The van der Waals surface area contributed by atoms with Crippen LogP contribution in [0.2, 0.25) is 0 Å². The van der Waals surface area contributed by atoms with Crippen LogP contribution in [-0.4, -0.2) is 42.5 Å². The summed E-state index contributed by atoms with van der Waals surface area (Å²) in [6.45, 7) is 5.69. The van der Waals surface area contributed by atoms with Gasteiger partial charge in [0.1, 0.15) is 0 Å². The van der Waals surface area contributed by atoms with E-state index in [4.69, 9.17) is 4.74 Å². The Morgan fingerprint density at radius 3 is 2.61 bits per heavy atom. The van der Waals surface area contributed by atoms with Crippen LogP contribution in [0.5, 0.6) is 0 Å². The molecule has 0 saturated carbocycles. The Hall–Kier alpha value is -2.92. The summed E-state index contributed by atoms with van der Waals surface area (Å²) in [6, 6.07) is 16.9. The lowest BCUT2D eigenvalue weighted by molar-refractivity contribution is -0.111. The number of hydrogen-bond donors (Lipinski definition) is 1. The molecule has 0 aromatic heterocycles. The molecule has 0 aliphatic carbocycles. The quantitative estimate of drug-likeness (QED) is 0.801. The van der Waals surface area contributed by atoms with Crippen LogP contribution in [0.15, 0.2) is 60.7 Å². The fourth-order valence-corrected chi connectivity index (χ4v) is 3.29. The van der Waals surface area contributed by atoms with E-state index >= 15 is 0 Å². The smallest absolute Gasteiger partial charge is 0.254 e. The molecule has 2 aromatic rings. The molecular formula is C23H26N2O3. The van der Waals surface area contributed by atoms with Gasteiger partial charge in [0.2, 0.25) is 5.91 Å². The molecule has 1 atom stereocenters. The van der Waals surface area contributed by atoms with Crippen molar-refractivity contribution in [1.82, 2.24) is 4.90 Å². The molecule has 1 saturated heterocycles. The lowest BCUT2D eigenvalue weighted by atomic mass is 10.0. The number of nitrogens with one attached hydrogen (secondary N) is 1. The van der Waals surface area contributed by atoms with Gasteiger partial charge in [-0.3, -0.25) is 9.59 Å². The third-order valence-corrected chi connectivity index (χ3v) is 4.74. The van der Waals surface area contributed by atoms with E-state index in [1.807, 2.05) is 44.2 Å². The largest absolute Gasteiger partial charge is 0.375 e. The van der Waals surface area contributed by atoms with E-state index in [1.165, 1.54) is 0 Å². The number of nitrogens with zero attached hydrogens (tertiary/aromatic N) is 1. The minimum Gasteiger partial charge on any atom is -0.375 e. The minimum absolute atomic E-state index is 0.0381. The van der Waals surface area contributed by atoms with Crippen molar-refractivity contribution >= 4 is 23.1 Å². The Morgan fingerprint density at radius 1 is 1.14 bits per heavy atom. The predicted molar refractivity (Wildman–Crippen MR) is 111 cm³/mol. The summed E-state index contributed by atoms with van der Waals surface area (Å²) >= 11 is 0. The molecule has 5 heteroatoms. The number of hydrogen-bond acceptors (Lipinski definition) is 3. The van der Waals surface area contributed by atoms with Crippen molar-refractivity contribution < 1.29 is 14.3 Å². The van der Waals surface area contributed by atoms with Crippen LogP contribution in [-0.2, 0) is 9.53 Å². The maximum Gasteiger partial charge on any atom is 0.254 e. The Kier molecular flexibility index (Phi) is 6.61. The van der Waals surface area contributed by atoms with Crippen molar-refractivity contribution in [2.75, 3.05) is 25.0 Å². The molecular weight excluding hydrogens is 352 g/mol. The molecule has 2 amide bonds. The molecule has 1 aliphatic heterocycles. The molecule has 0 radical (unpaired) electrons. The highest BCUT2D eigenvalue weighted by Crippen LogP contribution is 2.19. The summed E-state index contributed by atoms with van der Waals surface area (Å²) in [5, 5.41) is 2.87. The van der Waals surface area contributed by atoms with Crippen molar-refractivity contribution in [3.63, 3.8) is 0 Å². The van der Waals surface area contributed by atoms with Gasteiger partial charge in [0, 0.05) is 30.4 Å². The van der Waals surface area contributed by atoms with E-state index in [0.29, 0.717) is 30.9 Å². The molecule has 1 heterocycles. The monoisotopic (exact) mass is 378 g/mol. The summed E-state index contributed by atoms with van der Waals surface area (Å²) < 4.78 is 5.50. The first-order valence-corrected chi connectivity index (χ1v) is 9.64. The van der Waals surface area contributed by atoms with Crippen LogP contribution < -0.4 is 5.32 Å². The van der Waals surface area contributed by atoms with Crippen LogP contribution in [0.3, 0.4) is 0 Å². The highest BCUT2D eigenvalue weighted by atomic mass is 16.5. The van der Waals surface area contributed by atoms with E-state index in [2.05, 4.69) is 5.32 Å². The molecule has 2 aromatic carbocycles. The number of anilines is 1. The molecule has 146 valence electrons. The van der Waals surface area contributed by atoms with Crippen LogP contribution in [0.1, 0.15) is 36.2 Å². The van der Waals surface area contributed by atoms with Crippen molar-refractivity contribution in [2.45, 2.75) is 26.4 Å². The van der Waals surface area contributed by atoms with E-state index in [-0.39, 0.29) is 17.9 Å². The van der Waals surface area contributed by atoms with Gasteiger partial charge in [-0.05, 0) is 42.7 Å². The maximum absolute atomic E-state index is 12.7. The summed E-state index contributed by atoms with van der Waals surface area (Å²) in [4.78, 5) is 27.0. The molecule has 1 N–H and O–H groups in total. The zero-order valence-electron chi connectivity index (χ0n) is 16.4. The van der Waals surface area contributed by atoms with Crippen LogP contribution in [0, 0.1) is 0 Å². The third kappa shape index (κ3) is 5.08. The van der Waals surface area contributed by atoms with Gasteiger partial charge in [-0.25, -0.2) is 0 Å². The second-order valence-corrected chi connectivity index (χ2v) is 6.89. The number of carbonyl (C=O) groups excluding carboxylic acids is 2. The first-order chi connectivity index (χ1) is 13.6. The van der Waals surface area contributed by atoms with Crippen LogP contribution in [0.4, 0.5) is 5.69 Å². The summed E-state index contributed by atoms with van der Waals surface area (Å²) in [5.41, 5.74) is 3.17. The Bertz CT molecular complexity index is 861. The zero-order chi connectivity index (χ0) is 19.9. The molecule has 1 fully saturated rings. The number of allylic oxidation sites excluding steroid dienone is 1. The van der Waals surface area contributed by atoms with Gasteiger partial charge in [-0.2, -0.15) is 0 Å². The molecule has 0 spiro atoms. The lowest BCUT2D eigenvalue weighted by Gasteiger charge is -2.31. The standard InChI is InChI=1S/C23H26N2O3/c1-3-18(19-8-5-4-6-9-19)15-22(26)24-21-11-7-10-20(14-21)23(27)25-12-13-28-17(2)16-25/h4-11,14-15,17H,3,12-13,16H2,1-2H3,(H,24,26)/b18-15+. The number of ether oxygens (including phenoxy) is 1. The SMILES string of the molecule is CC/C(=C\C(=O)Nc1cccc(C(=O)N2CCOC(C)C2)c1)c1ccccc1.